The molecule has 0 radical (unpaired) electrons. The maximum absolute atomic E-state index is 12.7. The second kappa shape index (κ2) is 5.73. The van der Waals surface area contributed by atoms with Crippen LogP contribution in [0.4, 0.5) is 0 Å². The zero-order valence-corrected chi connectivity index (χ0v) is 12.9. The maximum Gasteiger partial charge on any atom is 0.223 e. The predicted molar refractivity (Wildman–Crippen MR) is 86.3 cm³/mol. The van der Waals surface area contributed by atoms with E-state index in [2.05, 4.69) is 4.98 Å². The van der Waals surface area contributed by atoms with Gasteiger partial charge in [0.15, 0.2) is 5.03 Å². The van der Waals surface area contributed by atoms with Crippen molar-refractivity contribution in [3.63, 3.8) is 0 Å². The summed E-state index contributed by atoms with van der Waals surface area (Å²) < 4.78 is 25.4. The van der Waals surface area contributed by atoms with E-state index in [9.17, 15) is 8.42 Å². The molecule has 4 heteroatoms. The standard InChI is InChI=1S/C18H15NO2S/c1-14-12-17(15-8-4-2-5-9-15)19-18(13-14)22(20,21)16-10-6-3-7-11-16/h2-13H,1H3. The molecule has 22 heavy (non-hydrogen) atoms. The number of hydrogen-bond donors (Lipinski definition) is 0. The van der Waals surface area contributed by atoms with Gasteiger partial charge in [0.2, 0.25) is 9.84 Å². The fourth-order valence-electron chi connectivity index (χ4n) is 2.25. The summed E-state index contributed by atoms with van der Waals surface area (Å²) >= 11 is 0. The van der Waals surface area contributed by atoms with Crippen LogP contribution in [0.5, 0.6) is 0 Å². The Morgan fingerprint density at radius 1 is 0.818 bits per heavy atom. The van der Waals surface area contributed by atoms with Crippen LogP contribution in [-0.4, -0.2) is 13.4 Å². The van der Waals surface area contributed by atoms with Crippen molar-refractivity contribution in [1.82, 2.24) is 4.98 Å². The number of nitrogens with zero attached hydrogens (tertiary/aromatic N) is 1. The first kappa shape index (κ1) is 14.5. The van der Waals surface area contributed by atoms with E-state index in [0.717, 1.165) is 11.1 Å². The first-order chi connectivity index (χ1) is 10.6. The van der Waals surface area contributed by atoms with E-state index in [4.69, 9.17) is 0 Å². The van der Waals surface area contributed by atoms with E-state index in [-0.39, 0.29) is 9.92 Å². The van der Waals surface area contributed by atoms with Crippen molar-refractivity contribution in [3.05, 3.63) is 78.4 Å². The molecule has 0 N–H and O–H groups in total. The summed E-state index contributed by atoms with van der Waals surface area (Å²) in [7, 11) is -3.60. The van der Waals surface area contributed by atoms with E-state index in [1.165, 1.54) is 0 Å². The van der Waals surface area contributed by atoms with Gasteiger partial charge in [0, 0.05) is 5.56 Å². The molecular formula is C18H15NO2S. The number of aromatic nitrogens is 1. The zero-order valence-electron chi connectivity index (χ0n) is 12.1. The Bertz CT molecular complexity index is 889. The van der Waals surface area contributed by atoms with Crippen LogP contribution in [0.2, 0.25) is 0 Å². The van der Waals surface area contributed by atoms with Crippen LogP contribution < -0.4 is 0 Å². The Hall–Kier alpha value is -2.46. The first-order valence-corrected chi connectivity index (χ1v) is 8.40. The highest BCUT2D eigenvalue weighted by molar-refractivity contribution is 7.91. The quantitative estimate of drug-likeness (QED) is 0.737. The molecule has 0 aliphatic heterocycles. The van der Waals surface area contributed by atoms with Gasteiger partial charge in [0.1, 0.15) is 0 Å². The Morgan fingerprint density at radius 3 is 2.05 bits per heavy atom. The third-order valence-corrected chi connectivity index (χ3v) is 5.00. The largest absolute Gasteiger partial charge is 0.236 e. The summed E-state index contributed by atoms with van der Waals surface area (Å²) in [5, 5.41) is 0.0811. The van der Waals surface area contributed by atoms with Crippen LogP contribution in [0.1, 0.15) is 5.56 Å². The SMILES string of the molecule is Cc1cc(-c2ccccc2)nc(S(=O)(=O)c2ccccc2)c1. The van der Waals surface area contributed by atoms with Crippen molar-refractivity contribution >= 4 is 9.84 Å². The minimum Gasteiger partial charge on any atom is -0.236 e. The van der Waals surface area contributed by atoms with Crippen molar-refractivity contribution in [1.29, 1.82) is 0 Å². The van der Waals surface area contributed by atoms with Crippen LogP contribution in [0, 0.1) is 6.92 Å². The van der Waals surface area contributed by atoms with Crippen molar-refractivity contribution in [2.24, 2.45) is 0 Å². The van der Waals surface area contributed by atoms with E-state index >= 15 is 0 Å². The highest BCUT2D eigenvalue weighted by Gasteiger charge is 2.20. The molecule has 0 bridgehead atoms. The number of rotatable bonds is 3. The highest BCUT2D eigenvalue weighted by atomic mass is 32.2. The van der Waals surface area contributed by atoms with Gasteiger partial charge in [-0.25, -0.2) is 13.4 Å². The average Bonchev–Trinajstić information content (AvgIpc) is 2.56. The molecule has 0 fully saturated rings. The fourth-order valence-corrected chi connectivity index (χ4v) is 3.57. The Kier molecular flexibility index (Phi) is 3.77. The number of hydrogen-bond acceptors (Lipinski definition) is 3. The van der Waals surface area contributed by atoms with Crippen molar-refractivity contribution in [3.8, 4) is 11.3 Å². The van der Waals surface area contributed by atoms with Gasteiger partial charge in [-0.3, -0.25) is 0 Å². The maximum atomic E-state index is 12.7. The third kappa shape index (κ3) is 2.78. The molecule has 1 heterocycles. The Labute approximate surface area is 130 Å². The van der Waals surface area contributed by atoms with Crippen LogP contribution in [-0.2, 0) is 9.84 Å². The van der Waals surface area contributed by atoms with E-state index in [1.54, 1.807) is 36.4 Å². The van der Waals surface area contributed by atoms with Crippen LogP contribution >= 0.6 is 0 Å². The summed E-state index contributed by atoms with van der Waals surface area (Å²) in [6.45, 7) is 1.87. The Morgan fingerprint density at radius 2 is 1.41 bits per heavy atom. The van der Waals surface area contributed by atoms with Gasteiger partial charge < -0.3 is 0 Å². The van der Waals surface area contributed by atoms with Crippen LogP contribution in [0.15, 0.2) is 82.7 Å². The molecule has 0 atom stereocenters. The Balaban J connectivity index is 2.15. The molecule has 1 aromatic heterocycles. The monoisotopic (exact) mass is 309 g/mol. The number of aryl methyl sites for hydroxylation is 1. The summed E-state index contributed by atoms with van der Waals surface area (Å²) in [5.74, 6) is 0. The molecule has 2 aromatic carbocycles. The summed E-state index contributed by atoms with van der Waals surface area (Å²) in [6, 6.07) is 21.4. The van der Waals surface area contributed by atoms with Gasteiger partial charge in [-0.1, -0.05) is 48.5 Å². The molecule has 110 valence electrons. The van der Waals surface area contributed by atoms with E-state index < -0.39 is 9.84 Å². The molecule has 0 saturated heterocycles. The molecule has 3 nitrogen and oxygen atoms in total. The molecule has 0 saturated carbocycles. The fraction of sp³-hybridized carbons (Fsp3) is 0.0556. The second-order valence-electron chi connectivity index (χ2n) is 5.05. The number of sulfone groups is 1. The van der Waals surface area contributed by atoms with Gasteiger partial charge in [0.05, 0.1) is 10.6 Å². The van der Waals surface area contributed by atoms with Crippen molar-refractivity contribution < 1.29 is 8.42 Å². The minimum absolute atomic E-state index is 0.0811. The first-order valence-electron chi connectivity index (χ1n) is 6.91. The topological polar surface area (TPSA) is 47.0 Å². The average molecular weight is 309 g/mol. The zero-order chi connectivity index (χ0) is 15.6. The van der Waals surface area contributed by atoms with E-state index in [0.29, 0.717) is 5.69 Å². The van der Waals surface area contributed by atoms with Crippen molar-refractivity contribution in [2.45, 2.75) is 16.8 Å². The lowest BCUT2D eigenvalue weighted by Gasteiger charge is -2.08. The molecule has 0 amide bonds. The second-order valence-corrected chi connectivity index (χ2v) is 6.95. The third-order valence-electron chi connectivity index (χ3n) is 3.34. The number of benzene rings is 2. The van der Waals surface area contributed by atoms with Gasteiger partial charge in [-0.15, -0.1) is 0 Å². The summed E-state index contributed by atoms with van der Waals surface area (Å²) in [4.78, 5) is 4.62. The minimum atomic E-state index is -3.60. The summed E-state index contributed by atoms with van der Waals surface area (Å²) in [5.41, 5.74) is 2.43. The van der Waals surface area contributed by atoms with Gasteiger partial charge in [-0.2, -0.15) is 0 Å². The predicted octanol–water partition coefficient (Wildman–Crippen LogP) is 3.89. The van der Waals surface area contributed by atoms with Crippen LogP contribution in [0.25, 0.3) is 11.3 Å². The number of pyridine rings is 1. The molecule has 0 aliphatic carbocycles. The smallest absolute Gasteiger partial charge is 0.223 e. The normalized spacial score (nSPS) is 11.3. The van der Waals surface area contributed by atoms with Gasteiger partial charge >= 0.3 is 0 Å². The van der Waals surface area contributed by atoms with E-state index in [1.807, 2.05) is 43.3 Å². The highest BCUT2D eigenvalue weighted by Crippen LogP contribution is 2.24. The molecule has 0 aliphatic rings. The molecule has 3 rings (SSSR count). The molecule has 0 spiro atoms. The lowest BCUT2D eigenvalue weighted by atomic mass is 10.1. The molecular weight excluding hydrogens is 294 g/mol. The molecule has 3 aromatic rings. The lowest BCUT2D eigenvalue weighted by molar-refractivity contribution is 0.592. The molecule has 0 unspecified atom stereocenters. The van der Waals surface area contributed by atoms with Crippen molar-refractivity contribution in [2.75, 3.05) is 0 Å². The van der Waals surface area contributed by atoms with Gasteiger partial charge in [-0.05, 0) is 36.8 Å². The summed E-state index contributed by atoms with van der Waals surface area (Å²) in [6.07, 6.45) is 0. The van der Waals surface area contributed by atoms with Crippen LogP contribution in [0.3, 0.4) is 0 Å². The van der Waals surface area contributed by atoms with Gasteiger partial charge in [0.25, 0.3) is 0 Å². The lowest BCUT2D eigenvalue weighted by Crippen LogP contribution is -2.05.